The van der Waals surface area contributed by atoms with Crippen LogP contribution in [0.5, 0.6) is 0 Å². The van der Waals surface area contributed by atoms with Gasteiger partial charge in [0.05, 0.1) is 0 Å². The Morgan fingerprint density at radius 1 is 1.38 bits per heavy atom. The van der Waals surface area contributed by atoms with E-state index < -0.39 is 0 Å². The van der Waals surface area contributed by atoms with Gasteiger partial charge in [0.25, 0.3) is 0 Å². The summed E-state index contributed by atoms with van der Waals surface area (Å²) in [6.45, 7) is 10.5. The molecule has 0 fully saturated rings. The van der Waals surface area contributed by atoms with Crippen molar-refractivity contribution in [2.24, 2.45) is 5.41 Å². The lowest BCUT2D eigenvalue weighted by atomic mass is 9.91. The van der Waals surface area contributed by atoms with E-state index in [1.165, 1.54) is 12.8 Å². The summed E-state index contributed by atoms with van der Waals surface area (Å²) in [6.07, 6.45) is 2.48. The lowest BCUT2D eigenvalue weighted by Crippen LogP contribution is -2.03. The highest BCUT2D eigenvalue weighted by Crippen LogP contribution is 2.18. The molecule has 0 aliphatic carbocycles. The Morgan fingerprint density at radius 2 is 1.75 bits per heavy atom. The molecule has 0 bridgehead atoms. The lowest BCUT2D eigenvalue weighted by molar-refractivity contribution is 0.427. The quantitative estimate of drug-likeness (QED) is 0.591. The van der Waals surface area contributed by atoms with Gasteiger partial charge in [0, 0.05) is 0 Å². The van der Waals surface area contributed by atoms with Gasteiger partial charge in [0.1, 0.15) is 0 Å². The molecule has 0 saturated carbocycles. The summed E-state index contributed by atoms with van der Waals surface area (Å²) in [5, 5.41) is 0. The fourth-order valence-corrected chi connectivity index (χ4v) is 0.677. The zero-order valence-electron chi connectivity index (χ0n) is 6.33. The van der Waals surface area contributed by atoms with E-state index >= 15 is 0 Å². The van der Waals surface area contributed by atoms with Crippen LogP contribution in [0.3, 0.4) is 0 Å². The van der Waals surface area contributed by atoms with E-state index in [0.29, 0.717) is 5.41 Å². The molecule has 3 N–H and O–H groups in total. The van der Waals surface area contributed by atoms with Gasteiger partial charge in [-0.25, -0.2) is 0 Å². The van der Waals surface area contributed by atoms with Crippen molar-refractivity contribution in [3.8, 4) is 0 Å². The smallest absolute Gasteiger partial charge is 0.0354 e. The summed E-state index contributed by atoms with van der Waals surface area (Å²) in [6, 6.07) is 0. The molecule has 0 saturated heterocycles. The van der Waals surface area contributed by atoms with Crippen LogP contribution in [-0.2, 0) is 0 Å². The van der Waals surface area contributed by atoms with Crippen LogP contribution in [-0.4, -0.2) is 0 Å². The van der Waals surface area contributed by atoms with Crippen LogP contribution < -0.4 is 6.15 Å². The number of rotatable bonds is 2. The lowest BCUT2D eigenvalue weighted by Gasteiger charge is -2.15. The molecule has 1 heteroatoms. The molecule has 8 heavy (non-hydrogen) atoms. The van der Waals surface area contributed by atoms with E-state index in [-0.39, 0.29) is 6.15 Å². The molecule has 0 aromatic carbocycles. The van der Waals surface area contributed by atoms with E-state index in [1.54, 1.807) is 0 Å². The summed E-state index contributed by atoms with van der Waals surface area (Å²) >= 11 is 0. The second-order valence-corrected chi connectivity index (χ2v) is 2.91. The Bertz CT molecular complexity index is 42.8. The number of hydrogen-bond acceptors (Lipinski definition) is 1. The van der Waals surface area contributed by atoms with Crippen LogP contribution >= 0.6 is 0 Å². The zero-order valence-corrected chi connectivity index (χ0v) is 6.33. The molecular weight excluding hydrogens is 98.1 g/mol. The molecule has 0 unspecified atom stereocenters. The summed E-state index contributed by atoms with van der Waals surface area (Å²) in [4.78, 5) is 0. The predicted molar refractivity (Wildman–Crippen MR) is 39.1 cm³/mol. The zero-order chi connectivity index (χ0) is 5.91. The monoisotopic (exact) mass is 116 g/mol. The molecule has 0 aliphatic rings. The molecule has 0 amide bonds. The first-order valence-corrected chi connectivity index (χ1v) is 2.91. The largest absolute Gasteiger partial charge is 0.344 e. The predicted octanol–water partition coefficient (Wildman–Crippen LogP) is 2.81. The average Bonchev–Trinajstić information content (AvgIpc) is 1.30. The Balaban J connectivity index is 0. The molecule has 1 radical (unpaired) electrons. The summed E-state index contributed by atoms with van der Waals surface area (Å²) in [5.41, 5.74) is 0.300. The summed E-state index contributed by atoms with van der Waals surface area (Å²) < 4.78 is 0. The van der Waals surface area contributed by atoms with Crippen LogP contribution in [0.25, 0.3) is 0 Å². The molecule has 0 aliphatic heterocycles. The van der Waals surface area contributed by atoms with Gasteiger partial charge in [-0.05, 0) is 18.8 Å². The molecule has 0 rings (SSSR count). The molecule has 0 heterocycles. The van der Waals surface area contributed by atoms with Crippen molar-refractivity contribution in [1.29, 1.82) is 0 Å². The first-order chi connectivity index (χ1) is 3.06. The van der Waals surface area contributed by atoms with E-state index in [4.69, 9.17) is 0 Å². The maximum atomic E-state index is 3.96. The third-order valence-corrected chi connectivity index (χ3v) is 0.927. The van der Waals surface area contributed by atoms with Crippen molar-refractivity contribution in [3.05, 3.63) is 6.92 Å². The first-order valence-electron chi connectivity index (χ1n) is 2.91. The maximum Gasteiger partial charge on any atom is -0.0354 e. The van der Waals surface area contributed by atoms with Crippen molar-refractivity contribution in [2.75, 3.05) is 0 Å². The van der Waals surface area contributed by atoms with Crippen LogP contribution in [0.2, 0.25) is 0 Å². The minimum absolute atomic E-state index is 0. The second kappa shape index (κ2) is 3.90. The van der Waals surface area contributed by atoms with Gasteiger partial charge in [-0.2, -0.15) is 0 Å². The Hall–Kier alpha value is -0.0400. The first kappa shape index (κ1) is 10.9. The summed E-state index contributed by atoms with van der Waals surface area (Å²) in [5.74, 6) is 0. The number of hydrogen-bond donors (Lipinski definition) is 1. The fourth-order valence-electron chi connectivity index (χ4n) is 0.677. The van der Waals surface area contributed by atoms with E-state index in [2.05, 4.69) is 27.7 Å². The van der Waals surface area contributed by atoms with Crippen molar-refractivity contribution >= 4 is 0 Å². The van der Waals surface area contributed by atoms with Crippen molar-refractivity contribution < 1.29 is 0 Å². The normalized spacial score (nSPS) is 10.5. The van der Waals surface area contributed by atoms with E-state index in [9.17, 15) is 0 Å². The van der Waals surface area contributed by atoms with Gasteiger partial charge in [-0.3, -0.25) is 0 Å². The van der Waals surface area contributed by atoms with Gasteiger partial charge < -0.3 is 6.15 Å². The molecule has 0 aromatic heterocycles. The van der Waals surface area contributed by atoms with Crippen molar-refractivity contribution in [3.63, 3.8) is 0 Å². The van der Waals surface area contributed by atoms with E-state index in [1.807, 2.05) is 0 Å². The van der Waals surface area contributed by atoms with Crippen LogP contribution in [0.1, 0.15) is 33.6 Å². The van der Waals surface area contributed by atoms with E-state index in [0.717, 1.165) is 0 Å². The molecule has 0 atom stereocenters. The SMILES string of the molecule is N.[CH2]C(C)(C)CCC. The second-order valence-electron chi connectivity index (χ2n) is 2.91. The molecule has 0 spiro atoms. The minimum atomic E-state index is 0. The van der Waals surface area contributed by atoms with Crippen molar-refractivity contribution in [1.82, 2.24) is 6.15 Å². The highest BCUT2D eigenvalue weighted by Gasteiger charge is 2.06. The highest BCUT2D eigenvalue weighted by molar-refractivity contribution is 4.68. The Labute approximate surface area is 53.1 Å². The molecule has 1 nitrogen and oxygen atoms in total. The Kier molecular flexibility index (Phi) is 5.29. The Morgan fingerprint density at radius 3 is 1.75 bits per heavy atom. The van der Waals surface area contributed by atoms with Gasteiger partial charge >= 0.3 is 0 Å². The van der Waals surface area contributed by atoms with Crippen LogP contribution in [0.15, 0.2) is 0 Å². The average molecular weight is 116 g/mol. The molecule has 0 aromatic rings. The standard InChI is InChI=1S/C7H15.H3N/c1-5-6-7(2,3)4;/h2,5-6H2,1,3-4H3;1H3. The topological polar surface area (TPSA) is 35.0 Å². The maximum absolute atomic E-state index is 3.96. The molecular formula is C7H18N. The highest BCUT2D eigenvalue weighted by atomic mass is 14.1. The van der Waals surface area contributed by atoms with Gasteiger partial charge in [0.2, 0.25) is 0 Å². The van der Waals surface area contributed by atoms with Crippen molar-refractivity contribution in [2.45, 2.75) is 33.6 Å². The third-order valence-electron chi connectivity index (χ3n) is 0.927. The fraction of sp³-hybridized carbons (Fsp3) is 0.857. The van der Waals surface area contributed by atoms with Gasteiger partial charge in [0.15, 0.2) is 0 Å². The van der Waals surface area contributed by atoms with Gasteiger partial charge in [-0.15, -0.1) is 0 Å². The van der Waals surface area contributed by atoms with Crippen LogP contribution in [0, 0.1) is 12.3 Å². The third kappa shape index (κ3) is 9.35. The minimum Gasteiger partial charge on any atom is -0.344 e. The van der Waals surface area contributed by atoms with Gasteiger partial charge in [-0.1, -0.05) is 27.2 Å². The summed E-state index contributed by atoms with van der Waals surface area (Å²) in [7, 11) is 0. The van der Waals surface area contributed by atoms with Crippen LogP contribution in [0.4, 0.5) is 0 Å². The molecule has 51 valence electrons.